The summed E-state index contributed by atoms with van der Waals surface area (Å²) >= 11 is 1.15. The van der Waals surface area contributed by atoms with E-state index in [-0.39, 0.29) is 5.97 Å². The molecule has 0 saturated heterocycles. The summed E-state index contributed by atoms with van der Waals surface area (Å²) in [5.74, 6) is -0.359. The van der Waals surface area contributed by atoms with Crippen LogP contribution in [0.5, 0.6) is 0 Å². The molecule has 1 rings (SSSR count). The number of carbonyl (C=O) groups excluding carboxylic acids is 1. The average molecular weight is 214 g/mol. The predicted molar refractivity (Wildman–Crippen MR) is 56.5 cm³/mol. The molecule has 1 aromatic heterocycles. The Kier molecular flexibility index (Phi) is 3.88. The number of ether oxygens (including phenoxy) is 1. The van der Waals surface area contributed by atoms with Crippen molar-refractivity contribution >= 4 is 22.5 Å². The number of nitrogen functional groups attached to an aromatic ring is 1. The lowest BCUT2D eigenvalue weighted by molar-refractivity contribution is 0.0526. The van der Waals surface area contributed by atoms with Gasteiger partial charge in [-0.15, -0.1) is 0 Å². The second kappa shape index (κ2) is 4.95. The number of anilines is 1. The van der Waals surface area contributed by atoms with Gasteiger partial charge in [-0.3, -0.25) is 0 Å². The van der Waals surface area contributed by atoms with Crippen LogP contribution in [0.2, 0.25) is 0 Å². The Bertz CT molecular complexity index is 323. The lowest BCUT2D eigenvalue weighted by atomic mass is 10.1. The summed E-state index contributed by atoms with van der Waals surface area (Å²) < 4.78 is 9.03. The average Bonchev–Trinajstić information content (AvgIpc) is 2.48. The van der Waals surface area contributed by atoms with E-state index in [0.717, 1.165) is 30.1 Å². The van der Waals surface area contributed by atoms with Gasteiger partial charge in [-0.25, -0.2) is 4.79 Å². The Morgan fingerprint density at radius 2 is 2.29 bits per heavy atom. The monoisotopic (exact) mass is 214 g/mol. The number of hydrogen-bond acceptors (Lipinski definition) is 5. The van der Waals surface area contributed by atoms with Gasteiger partial charge in [0.1, 0.15) is 10.6 Å². The number of aromatic nitrogens is 1. The van der Waals surface area contributed by atoms with Crippen LogP contribution in [0, 0.1) is 0 Å². The maximum absolute atomic E-state index is 11.5. The molecule has 78 valence electrons. The number of nitrogens with zero attached hydrogens (tertiary/aromatic N) is 1. The molecule has 1 heterocycles. The van der Waals surface area contributed by atoms with Crippen LogP contribution < -0.4 is 5.73 Å². The smallest absolute Gasteiger partial charge is 0.343 e. The lowest BCUT2D eigenvalue weighted by Gasteiger charge is -2.02. The fourth-order valence-electron chi connectivity index (χ4n) is 1.17. The van der Waals surface area contributed by atoms with Crippen LogP contribution in [0.1, 0.15) is 36.3 Å². The predicted octanol–water partition coefficient (Wildman–Crippen LogP) is 1.85. The molecule has 2 N–H and O–H groups in total. The fourth-order valence-corrected chi connectivity index (χ4v) is 1.85. The maximum Gasteiger partial charge on any atom is 0.343 e. The molecule has 0 fully saturated rings. The standard InChI is InChI=1S/C9H14N2O2S/c1-3-5-6-7(8(10)14-11-6)9(12)13-4-2/h3-5,10H2,1-2H3. The van der Waals surface area contributed by atoms with Gasteiger partial charge in [0.05, 0.1) is 12.3 Å². The Labute approximate surface area is 87.2 Å². The summed E-state index contributed by atoms with van der Waals surface area (Å²) in [6.07, 6.45) is 1.71. The van der Waals surface area contributed by atoms with Crippen LogP contribution in [0.25, 0.3) is 0 Å². The summed E-state index contributed by atoms with van der Waals surface area (Å²) in [5.41, 5.74) is 6.87. The second-order valence-corrected chi connectivity index (χ2v) is 3.64. The molecule has 14 heavy (non-hydrogen) atoms. The summed E-state index contributed by atoms with van der Waals surface area (Å²) in [7, 11) is 0. The Morgan fingerprint density at radius 1 is 1.57 bits per heavy atom. The Morgan fingerprint density at radius 3 is 2.86 bits per heavy atom. The normalized spacial score (nSPS) is 10.1. The van der Waals surface area contributed by atoms with Gasteiger partial charge in [0.15, 0.2) is 0 Å². The molecular weight excluding hydrogens is 200 g/mol. The van der Waals surface area contributed by atoms with Crippen molar-refractivity contribution < 1.29 is 9.53 Å². The van der Waals surface area contributed by atoms with Crippen LogP contribution in [-0.2, 0) is 11.2 Å². The molecule has 0 aromatic carbocycles. The zero-order valence-corrected chi connectivity index (χ0v) is 9.19. The minimum Gasteiger partial charge on any atom is -0.462 e. The molecule has 0 aliphatic rings. The fraction of sp³-hybridized carbons (Fsp3) is 0.556. The molecular formula is C9H14N2O2S. The number of carbonyl (C=O) groups is 1. The zero-order valence-electron chi connectivity index (χ0n) is 8.37. The van der Waals surface area contributed by atoms with Crippen LogP contribution in [0.15, 0.2) is 0 Å². The van der Waals surface area contributed by atoms with Crippen molar-refractivity contribution in [1.29, 1.82) is 0 Å². The van der Waals surface area contributed by atoms with Crippen molar-refractivity contribution in [2.24, 2.45) is 0 Å². The van der Waals surface area contributed by atoms with Crippen molar-refractivity contribution in [3.8, 4) is 0 Å². The molecule has 0 bridgehead atoms. The number of rotatable bonds is 4. The van der Waals surface area contributed by atoms with E-state index >= 15 is 0 Å². The SMILES string of the molecule is CCCc1nsc(N)c1C(=O)OCC. The highest BCUT2D eigenvalue weighted by molar-refractivity contribution is 7.10. The summed E-state index contributed by atoms with van der Waals surface area (Å²) in [5, 5.41) is 0.451. The third-order valence-electron chi connectivity index (χ3n) is 1.76. The molecule has 0 spiro atoms. The molecule has 0 atom stereocenters. The van der Waals surface area contributed by atoms with Crippen molar-refractivity contribution in [2.75, 3.05) is 12.3 Å². The molecule has 1 aromatic rings. The first kappa shape index (κ1) is 11.0. The van der Waals surface area contributed by atoms with Gasteiger partial charge >= 0.3 is 5.97 Å². The maximum atomic E-state index is 11.5. The van der Waals surface area contributed by atoms with Crippen LogP contribution in [-0.4, -0.2) is 16.9 Å². The minimum absolute atomic E-state index is 0.359. The molecule has 0 saturated carbocycles. The lowest BCUT2D eigenvalue weighted by Crippen LogP contribution is -2.08. The minimum atomic E-state index is -0.359. The molecule has 4 nitrogen and oxygen atoms in total. The molecule has 0 unspecified atom stereocenters. The highest BCUT2D eigenvalue weighted by atomic mass is 32.1. The Balaban J connectivity index is 2.92. The molecule has 0 aliphatic heterocycles. The van der Waals surface area contributed by atoms with Gasteiger partial charge in [0, 0.05) is 0 Å². The van der Waals surface area contributed by atoms with E-state index < -0.39 is 0 Å². The van der Waals surface area contributed by atoms with E-state index in [2.05, 4.69) is 4.37 Å². The van der Waals surface area contributed by atoms with E-state index in [0.29, 0.717) is 17.2 Å². The first-order valence-electron chi connectivity index (χ1n) is 4.61. The highest BCUT2D eigenvalue weighted by Gasteiger charge is 2.19. The first-order valence-corrected chi connectivity index (χ1v) is 5.39. The summed E-state index contributed by atoms with van der Waals surface area (Å²) in [4.78, 5) is 11.5. The van der Waals surface area contributed by atoms with Crippen LogP contribution in [0.4, 0.5) is 5.00 Å². The molecule has 0 radical (unpaired) electrons. The van der Waals surface area contributed by atoms with E-state index in [1.165, 1.54) is 0 Å². The zero-order chi connectivity index (χ0) is 10.6. The number of hydrogen-bond donors (Lipinski definition) is 1. The highest BCUT2D eigenvalue weighted by Crippen LogP contribution is 2.23. The van der Waals surface area contributed by atoms with Crippen LogP contribution >= 0.6 is 11.5 Å². The van der Waals surface area contributed by atoms with Gasteiger partial charge in [-0.2, -0.15) is 4.37 Å². The molecule has 0 amide bonds. The third kappa shape index (κ3) is 2.23. The van der Waals surface area contributed by atoms with Gasteiger partial charge in [0.25, 0.3) is 0 Å². The van der Waals surface area contributed by atoms with E-state index in [1.54, 1.807) is 6.92 Å². The third-order valence-corrected chi connectivity index (χ3v) is 2.47. The van der Waals surface area contributed by atoms with Crippen molar-refractivity contribution in [2.45, 2.75) is 26.7 Å². The van der Waals surface area contributed by atoms with Crippen molar-refractivity contribution in [3.05, 3.63) is 11.3 Å². The molecule has 0 aliphatic carbocycles. The number of esters is 1. The first-order chi connectivity index (χ1) is 6.70. The van der Waals surface area contributed by atoms with Gasteiger partial charge in [0.2, 0.25) is 0 Å². The van der Waals surface area contributed by atoms with E-state index in [1.807, 2.05) is 6.92 Å². The van der Waals surface area contributed by atoms with E-state index in [9.17, 15) is 4.79 Å². The quantitative estimate of drug-likeness (QED) is 0.777. The second-order valence-electron chi connectivity index (χ2n) is 2.84. The number of nitrogens with two attached hydrogens (primary N) is 1. The van der Waals surface area contributed by atoms with Gasteiger partial charge in [-0.05, 0) is 24.9 Å². The van der Waals surface area contributed by atoms with Gasteiger partial charge < -0.3 is 10.5 Å². The Hall–Kier alpha value is -1.10. The van der Waals surface area contributed by atoms with E-state index in [4.69, 9.17) is 10.5 Å². The van der Waals surface area contributed by atoms with Crippen LogP contribution in [0.3, 0.4) is 0 Å². The van der Waals surface area contributed by atoms with Crippen molar-refractivity contribution in [3.63, 3.8) is 0 Å². The van der Waals surface area contributed by atoms with Gasteiger partial charge in [-0.1, -0.05) is 13.3 Å². The topological polar surface area (TPSA) is 65.2 Å². The summed E-state index contributed by atoms with van der Waals surface area (Å²) in [6, 6.07) is 0. The molecule has 5 heteroatoms. The largest absolute Gasteiger partial charge is 0.462 e. The number of aryl methyl sites for hydroxylation is 1. The summed E-state index contributed by atoms with van der Waals surface area (Å²) in [6.45, 7) is 4.16. The van der Waals surface area contributed by atoms with Crippen molar-refractivity contribution in [1.82, 2.24) is 4.37 Å².